The van der Waals surface area contributed by atoms with Gasteiger partial charge in [-0.3, -0.25) is 0 Å². The maximum absolute atomic E-state index is 9.86. The van der Waals surface area contributed by atoms with E-state index in [1.54, 1.807) is 0 Å². The Balaban J connectivity index is 2.23. The molecule has 1 atom stereocenters. The SMILES string of the molecule is CC(O)C1(c2cccc(CN(C)C)c2)CC1. The lowest BCUT2D eigenvalue weighted by Gasteiger charge is -2.20. The van der Waals surface area contributed by atoms with Crippen molar-refractivity contribution < 1.29 is 5.11 Å². The quantitative estimate of drug-likeness (QED) is 0.839. The van der Waals surface area contributed by atoms with E-state index in [1.165, 1.54) is 11.1 Å². The number of benzene rings is 1. The maximum atomic E-state index is 9.86. The summed E-state index contributed by atoms with van der Waals surface area (Å²) in [4.78, 5) is 2.17. The van der Waals surface area contributed by atoms with Gasteiger partial charge >= 0.3 is 0 Å². The van der Waals surface area contributed by atoms with Gasteiger partial charge < -0.3 is 10.0 Å². The molecule has 88 valence electrons. The van der Waals surface area contributed by atoms with Crippen LogP contribution in [0.15, 0.2) is 24.3 Å². The third kappa shape index (κ3) is 2.13. The van der Waals surface area contributed by atoms with Crippen molar-refractivity contribution in [3.8, 4) is 0 Å². The first-order valence-corrected chi connectivity index (χ1v) is 5.97. The van der Waals surface area contributed by atoms with E-state index in [-0.39, 0.29) is 11.5 Å². The molecule has 2 rings (SSSR count). The monoisotopic (exact) mass is 219 g/mol. The maximum Gasteiger partial charge on any atom is 0.0608 e. The number of aliphatic hydroxyl groups is 1. The zero-order valence-corrected chi connectivity index (χ0v) is 10.4. The van der Waals surface area contributed by atoms with Gasteiger partial charge in [0.1, 0.15) is 0 Å². The molecule has 1 aliphatic carbocycles. The fraction of sp³-hybridized carbons (Fsp3) is 0.571. The highest BCUT2D eigenvalue weighted by Gasteiger charge is 2.48. The molecule has 0 heterocycles. The lowest BCUT2D eigenvalue weighted by molar-refractivity contribution is 0.150. The Labute approximate surface area is 97.9 Å². The van der Waals surface area contributed by atoms with E-state index in [1.807, 2.05) is 6.92 Å². The van der Waals surface area contributed by atoms with Crippen LogP contribution in [0.2, 0.25) is 0 Å². The van der Waals surface area contributed by atoms with E-state index in [4.69, 9.17) is 0 Å². The first-order chi connectivity index (χ1) is 7.54. The summed E-state index contributed by atoms with van der Waals surface area (Å²) in [7, 11) is 4.16. The van der Waals surface area contributed by atoms with Gasteiger partial charge in [-0.05, 0) is 45.0 Å². The van der Waals surface area contributed by atoms with Crippen LogP contribution in [0.25, 0.3) is 0 Å². The molecule has 1 aromatic rings. The molecule has 1 unspecified atom stereocenters. The van der Waals surface area contributed by atoms with Gasteiger partial charge in [0.2, 0.25) is 0 Å². The standard InChI is InChI=1S/C14H21NO/c1-11(16)14(7-8-14)13-6-4-5-12(9-13)10-15(2)3/h4-6,9,11,16H,7-8,10H2,1-3H3. The summed E-state index contributed by atoms with van der Waals surface area (Å²) in [6.45, 7) is 2.87. The van der Waals surface area contributed by atoms with Gasteiger partial charge in [-0.1, -0.05) is 24.3 Å². The summed E-state index contributed by atoms with van der Waals surface area (Å²) in [6, 6.07) is 8.66. The number of hydrogen-bond acceptors (Lipinski definition) is 2. The highest BCUT2D eigenvalue weighted by Crippen LogP contribution is 2.51. The fourth-order valence-corrected chi connectivity index (χ4v) is 2.43. The van der Waals surface area contributed by atoms with Gasteiger partial charge in [0.05, 0.1) is 6.10 Å². The minimum absolute atomic E-state index is 0.0579. The number of aliphatic hydroxyl groups excluding tert-OH is 1. The average molecular weight is 219 g/mol. The van der Waals surface area contributed by atoms with Crippen LogP contribution in [0.5, 0.6) is 0 Å². The predicted octanol–water partition coefficient (Wildman–Crippen LogP) is 2.16. The van der Waals surface area contributed by atoms with Crippen molar-refractivity contribution >= 4 is 0 Å². The molecule has 1 N–H and O–H groups in total. The summed E-state index contributed by atoms with van der Waals surface area (Å²) in [5.41, 5.74) is 2.69. The van der Waals surface area contributed by atoms with Gasteiger partial charge in [0.25, 0.3) is 0 Å². The third-order valence-corrected chi connectivity index (χ3v) is 3.59. The Morgan fingerprint density at radius 2 is 2.06 bits per heavy atom. The van der Waals surface area contributed by atoms with Gasteiger partial charge in [-0.2, -0.15) is 0 Å². The van der Waals surface area contributed by atoms with Gasteiger partial charge in [-0.25, -0.2) is 0 Å². The minimum Gasteiger partial charge on any atom is -0.392 e. The molecule has 0 spiro atoms. The zero-order valence-electron chi connectivity index (χ0n) is 10.4. The van der Waals surface area contributed by atoms with Crippen LogP contribution >= 0.6 is 0 Å². The molecule has 0 amide bonds. The molecule has 1 fully saturated rings. The molecule has 0 bridgehead atoms. The van der Waals surface area contributed by atoms with E-state index in [9.17, 15) is 5.11 Å². The zero-order chi connectivity index (χ0) is 11.8. The van der Waals surface area contributed by atoms with E-state index >= 15 is 0 Å². The molecule has 16 heavy (non-hydrogen) atoms. The summed E-state index contributed by atoms with van der Waals surface area (Å²) in [5.74, 6) is 0. The Kier molecular flexibility index (Phi) is 3.04. The van der Waals surface area contributed by atoms with Crippen molar-refractivity contribution in [1.82, 2.24) is 4.90 Å². The first kappa shape index (κ1) is 11.6. The summed E-state index contributed by atoms with van der Waals surface area (Å²) >= 11 is 0. The van der Waals surface area contributed by atoms with Crippen LogP contribution in [0.1, 0.15) is 30.9 Å². The van der Waals surface area contributed by atoms with Crippen molar-refractivity contribution in [3.05, 3.63) is 35.4 Å². The molecule has 2 nitrogen and oxygen atoms in total. The highest BCUT2D eigenvalue weighted by atomic mass is 16.3. The first-order valence-electron chi connectivity index (χ1n) is 5.97. The summed E-state index contributed by atoms with van der Waals surface area (Å²) in [6.07, 6.45) is 2.01. The lowest BCUT2D eigenvalue weighted by Crippen LogP contribution is -2.22. The smallest absolute Gasteiger partial charge is 0.0608 e. The summed E-state index contributed by atoms with van der Waals surface area (Å²) in [5, 5.41) is 9.86. The molecule has 1 saturated carbocycles. The normalized spacial score (nSPS) is 19.8. The Bertz CT molecular complexity index is 367. The number of nitrogens with zero attached hydrogens (tertiary/aromatic N) is 1. The largest absolute Gasteiger partial charge is 0.392 e. The Morgan fingerprint density at radius 3 is 2.56 bits per heavy atom. The molecule has 0 aliphatic heterocycles. The van der Waals surface area contributed by atoms with E-state index in [0.29, 0.717) is 0 Å². The molecule has 1 aromatic carbocycles. The number of rotatable bonds is 4. The second-order valence-electron chi connectivity index (χ2n) is 5.27. The van der Waals surface area contributed by atoms with Crippen molar-refractivity contribution in [2.75, 3.05) is 14.1 Å². The van der Waals surface area contributed by atoms with Crippen LogP contribution in [0, 0.1) is 0 Å². The minimum atomic E-state index is -0.234. The fourth-order valence-electron chi connectivity index (χ4n) is 2.43. The molecule has 0 radical (unpaired) electrons. The summed E-state index contributed by atoms with van der Waals surface area (Å²) < 4.78 is 0. The van der Waals surface area contributed by atoms with Gasteiger partial charge in [0.15, 0.2) is 0 Å². The molecule has 2 heteroatoms. The van der Waals surface area contributed by atoms with Crippen molar-refractivity contribution in [3.63, 3.8) is 0 Å². The van der Waals surface area contributed by atoms with E-state index < -0.39 is 0 Å². The van der Waals surface area contributed by atoms with Gasteiger partial charge in [0, 0.05) is 12.0 Å². The van der Waals surface area contributed by atoms with Crippen LogP contribution in [-0.4, -0.2) is 30.2 Å². The second-order valence-corrected chi connectivity index (χ2v) is 5.27. The highest BCUT2D eigenvalue weighted by molar-refractivity contribution is 5.36. The molecular formula is C14H21NO. The molecule has 0 saturated heterocycles. The predicted molar refractivity (Wildman–Crippen MR) is 66.4 cm³/mol. The van der Waals surface area contributed by atoms with Crippen LogP contribution in [0.3, 0.4) is 0 Å². The van der Waals surface area contributed by atoms with Crippen LogP contribution < -0.4 is 0 Å². The van der Waals surface area contributed by atoms with Gasteiger partial charge in [-0.15, -0.1) is 0 Å². The molecule has 1 aliphatic rings. The Morgan fingerprint density at radius 1 is 1.38 bits per heavy atom. The molecule has 0 aromatic heterocycles. The lowest BCUT2D eigenvalue weighted by atomic mass is 9.90. The van der Waals surface area contributed by atoms with Crippen molar-refractivity contribution in [2.45, 2.75) is 37.8 Å². The van der Waals surface area contributed by atoms with Crippen molar-refractivity contribution in [2.24, 2.45) is 0 Å². The average Bonchev–Trinajstić information content (AvgIpc) is 2.97. The van der Waals surface area contributed by atoms with Crippen molar-refractivity contribution in [1.29, 1.82) is 0 Å². The molecular weight excluding hydrogens is 198 g/mol. The second kappa shape index (κ2) is 4.19. The van der Waals surface area contributed by atoms with E-state index in [2.05, 4.69) is 43.3 Å². The van der Waals surface area contributed by atoms with Crippen LogP contribution in [-0.2, 0) is 12.0 Å². The number of hydrogen-bond donors (Lipinski definition) is 1. The Hall–Kier alpha value is -0.860. The third-order valence-electron chi connectivity index (χ3n) is 3.59. The van der Waals surface area contributed by atoms with E-state index in [0.717, 1.165) is 19.4 Å². The van der Waals surface area contributed by atoms with Crippen LogP contribution in [0.4, 0.5) is 0 Å². The topological polar surface area (TPSA) is 23.5 Å².